The number of rotatable bonds is 3. The number of piperidine rings is 1. The maximum absolute atomic E-state index is 11.7. The van der Waals surface area contributed by atoms with Crippen LogP contribution in [0.25, 0.3) is 0 Å². The second-order valence-electron chi connectivity index (χ2n) is 4.97. The van der Waals surface area contributed by atoms with Crippen molar-refractivity contribution in [3.8, 4) is 0 Å². The van der Waals surface area contributed by atoms with Gasteiger partial charge in [-0.3, -0.25) is 4.79 Å². The molecule has 1 heterocycles. The molecule has 1 amide bonds. The van der Waals surface area contributed by atoms with Crippen molar-refractivity contribution in [2.24, 2.45) is 11.8 Å². The van der Waals surface area contributed by atoms with Gasteiger partial charge < -0.3 is 10.0 Å². The van der Waals surface area contributed by atoms with E-state index in [-0.39, 0.29) is 23.8 Å². The molecule has 0 aromatic carbocycles. The molecule has 2 aliphatic rings. The van der Waals surface area contributed by atoms with Gasteiger partial charge in [-0.1, -0.05) is 13.8 Å². The van der Waals surface area contributed by atoms with E-state index in [1.165, 1.54) is 0 Å². The summed E-state index contributed by atoms with van der Waals surface area (Å²) >= 11 is 0. The van der Waals surface area contributed by atoms with E-state index in [0.29, 0.717) is 12.6 Å². The van der Waals surface area contributed by atoms with E-state index >= 15 is 0 Å². The van der Waals surface area contributed by atoms with E-state index in [1.54, 1.807) is 0 Å². The maximum Gasteiger partial charge on any atom is 0.226 e. The molecule has 1 aliphatic heterocycles. The number of aliphatic hydroxyl groups excluding tert-OH is 1. The van der Waals surface area contributed by atoms with Crippen molar-refractivity contribution >= 4 is 5.91 Å². The largest absolute Gasteiger partial charge is 0.391 e. The highest BCUT2D eigenvalue weighted by molar-refractivity contribution is 5.82. The number of hydrogen-bond acceptors (Lipinski definition) is 2. The minimum atomic E-state index is -0.363. The van der Waals surface area contributed by atoms with E-state index in [1.807, 2.05) is 18.7 Å². The molecule has 80 valence electrons. The van der Waals surface area contributed by atoms with Gasteiger partial charge in [0.1, 0.15) is 0 Å². The monoisotopic (exact) mass is 197 g/mol. The van der Waals surface area contributed by atoms with Gasteiger partial charge in [0.2, 0.25) is 5.91 Å². The van der Waals surface area contributed by atoms with E-state index in [4.69, 9.17) is 0 Å². The minimum absolute atomic E-state index is 0.238. The van der Waals surface area contributed by atoms with Crippen LogP contribution in [0, 0.1) is 11.8 Å². The van der Waals surface area contributed by atoms with E-state index in [9.17, 15) is 9.90 Å². The van der Waals surface area contributed by atoms with Gasteiger partial charge >= 0.3 is 0 Å². The molecule has 0 aromatic heterocycles. The standard InChI is InChI=1S/C11H19NO2/c1-7(2)10(13)6-12-9-4-3-8(5-9)11(12)14/h7-10,13H,3-6H2,1-2H3. The smallest absolute Gasteiger partial charge is 0.226 e. The zero-order valence-electron chi connectivity index (χ0n) is 8.94. The fourth-order valence-electron chi connectivity index (χ4n) is 2.53. The predicted molar refractivity (Wildman–Crippen MR) is 53.7 cm³/mol. The van der Waals surface area contributed by atoms with Gasteiger partial charge in [0.25, 0.3) is 0 Å². The third-order valence-electron chi connectivity index (χ3n) is 3.63. The number of fused-ring (bicyclic) bond motifs is 2. The normalized spacial score (nSPS) is 33.1. The number of carbonyl (C=O) groups excluding carboxylic acids is 1. The van der Waals surface area contributed by atoms with Gasteiger partial charge in [-0.05, 0) is 25.2 Å². The van der Waals surface area contributed by atoms with Crippen LogP contribution in [0.3, 0.4) is 0 Å². The summed E-state index contributed by atoms with van der Waals surface area (Å²) in [6, 6.07) is 0.431. The summed E-state index contributed by atoms with van der Waals surface area (Å²) in [7, 11) is 0. The second kappa shape index (κ2) is 3.54. The SMILES string of the molecule is CC(C)C(O)CN1C(=O)C2CCC1C2. The Balaban J connectivity index is 1.96. The predicted octanol–water partition coefficient (Wildman–Crippen LogP) is 1.01. The molecule has 0 spiro atoms. The van der Waals surface area contributed by atoms with Crippen LogP contribution in [0.4, 0.5) is 0 Å². The van der Waals surface area contributed by atoms with Crippen LogP contribution in [0.1, 0.15) is 33.1 Å². The van der Waals surface area contributed by atoms with E-state index < -0.39 is 0 Å². The average molecular weight is 197 g/mol. The highest BCUT2D eigenvalue weighted by Crippen LogP contribution is 2.38. The Kier molecular flexibility index (Phi) is 2.52. The Morgan fingerprint density at radius 3 is 2.71 bits per heavy atom. The van der Waals surface area contributed by atoms with Gasteiger partial charge in [0.05, 0.1) is 6.10 Å². The number of aliphatic hydroxyl groups is 1. The quantitative estimate of drug-likeness (QED) is 0.733. The first-order valence-corrected chi connectivity index (χ1v) is 5.58. The zero-order chi connectivity index (χ0) is 10.3. The minimum Gasteiger partial charge on any atom is -0.391 e. The Hall–Kier alpha value is -0.570. The van der Waals surface area contributed by atoms with Crippen molar-refractivity contribution in [3.05, 3.63) is 0 Å². The van der Waals surface area contributed by atoms with Crippen LogP contribution in [-0.2, 0) is 4.79 Å². The molecule has 3 atom stereocenters. The summed E-state index contributed by atoms with van der Waals surface area (Å²) in [5, 5.41) is 9.74. The molecule has 2 bridgehead atoms. The van der Waals surface area contributed by atoms with Crippen molar-refractivity contribution in [3.63, 3.8) is 0 Å². The number of β-amino-alcohol motifs (C(OH)–C–C–N with tert-alkyl or cyclic N) is 1. The molecule has 3 unspecified atom stereocenters. The first-order valence-electron chi connectivity index (χ1n) is 5.58. The van der Waals surface area contributed by atoms with E-state index in [0.717, 1.165) is 19.3 Å². The lowest BCUT2D eigenvalue weighted by molar-refractivity contribution is -0.135. The molecule has 1 aliphatic carbocycles. The van der Waals surface area contributed by atoms with Crippen molar-refractivity contribution in [2.75, 3.05) is 6.54 Å². The van der Waals surface area contributed by atoms with E-state index in [2.05, 4.69) is 0 Å². The van der Waals surface area contributed by atoms with Gasteiger partial charge in [-0.15, -0.1) is 0 Å². The molecular weight excluding hydrogens is 178 g/mol. The summed E-state index contributed by atoms with van der Waals surface area (Å²) in [5.41, 5.74) is 0. The average Bonchev–Trinajstić information content (AvgIpc) is 2.69. The molecule has 0 aromatic rings. The van der Waals surface area contributed by atoms with Crippen LogP contribution in [-0.4, -0.2) is 34.6 Å². The third kappa shape index (κ3) is 1.54. The summed E-state index contributed by atoms with van der Waals surface area (Å²) in [6.07, 6.45) is 2.88. The van der Waals surface area contributed by atoms with Gasteiger partial charge in [-0.2, -0.15) is 0 Å². The molecule has 3 nitrogen and oxygen atoms in total. The van der Waals surface area contributed by atoms with Gasteiger partial charge in [-0.25, -0.2) is 0 Å². The number of nitrogens with zero attached hydrogens (tertiary/aromatic N) is 1. The van der Waals surface area contributed by atoms with Crippen LogP contribution in [0.2, 0.25) is 0 Å². The highest BCUT2D eigenvalue weighted by atomic mass is 16.3. The van der Waals surface area contributed by atoms with Crippen molar-refractivity contribution in [1.82, 2.24) is 4.90 Å². The zero-order valence-corrected chi connectivity index (χ0v) is 8.94. The lowest BCUT2D eigenvalue weighted by Crippen LogP contribution is -2.43. The maximum atomic E-state index is 11.7. The summed E-state index contributed by atoms with van der Waals surface area (Å²) in [5.74, 6) is 0.794. The molecule has 1 N–H and O–H groups in total. The lowest BCUT2D eigenvalue weighted by Gasteiger charge is -2.30. The van der Waals surface area contributed by atoms with Crippen molar-refractivity contribution < 1.29 is 9.90 Å². The Morgan fingerprint density at radius 2 is 2.21 bits per heavy atom. The Morgan fingerprint density at radius 1 is 1.50 bits per heavy atom. The first-order chi connectivity index (χ1) is 6.59. The molecule has 2 fully saturated rings. The molecule has 1 saturated carbocycles. The number of amides is 1. The van der Waals surface area contributed by atoms with Crippen LogP contribution < -0.4 is 0 Å². The first kappa shape index (κ1) is 9.97. The fourth-order valence-corrected chi connectivity index (χ4v) is 2.53. The van der Waals surface area contributed by atoms with Crippen LogP contribution >= 0.6 is 0 Å². The topological polar surface area (TPSA) is 40.5 Å². The van der Waals surface area contributed by atoms with Gasteiger partial charge in [0, 0.05) is 18.5 Å². The summed E-state index contributed by atoms with van der Waals surface area (Å²) < 4.78 is 0. The molecule has 3 heteroatoms. The summed E-state index contributed by atoms with van der Waals surface area (Å²) in [4.78, 5) is 13.6. The highest BCUT2D eigenvalue weighted by Gasteiger charge is 2.44. The third-order valence-corrected chi connectivity index (χ3v) is 3.63. The number of carbonyl (C=O) groups is 1. The lowest BCUT2D eigenvalue weighted by atomic mass is 10.0. The molecule has 1 saturated heterocycles. The van der Waals surface area contributed by atoms with Crippen LogP contribution in [0.15, 0.2) is 0 Å². The van der Waals surface area contributed by atoms with Crippen molar-refractivity contribution in [2.45, 2.75) is 45.3 Å². The van der Waals surface area contributed by atoms with Crippen molar-refractivity contribution in [1.29, 1.82) is 0 Å². The molecule has 14 heavy (non-hydrogen) atoms. The molecular formula is C11H19NO2. The summed E-state index contributed by atoms with van der Waals surface area (Å²) in [6.45, 7) is 4.52. The Bertz CT molecular complexity index is 239. The fraction of sp³-hybridized carbons (Fsp3) is 0.909. The molecule has 2 rings (SSSR count). The van der Waals surface area contributed by atoms with Gasteiger partial charge in [0.15, 0.2) is 0 Å². The number of likely N-dealkylation sites (tertiary alicyclic amines) is 1. The Labute approximate surface area is 85.1 Å². The molecule has 0 radical (unpaired) electrons. The second-order valence-corrected chi connectivity index (χ2v) is 4.97. The number of hydrogen-bond donors (Lipinski definition) is 1. The van der Waals surface area contributed by atoms with Crippen LogP contribution in [0.5, 0.6) is 0 Å².